The highest BCUT2D eigenvalue weighted by molar-refractivity contribution is 7.91. The summed E-state index contributed by atoms with van der Waals surface area (Å²) in [6.07, 6.45) is 51.1. The van der Waals surface area contributed by atoms with Gasteiger partial charge in [0, 0.05) is 11.7 Å². The van der Waals surface area contributed by atoms with Crippen LogP contribution in [0.5, 0.6) is 0 Å². The highest BCUT2D eigenvalue weighted by atomic mass is 32.2. The molecule has 2 aromatic rings. The van der Waals surface area contributed by atoms with Gasteiger partial charge in [0.1, 0.15) is 0 Å². The van der Waals surface area contributed by atoms with Gasteiger partial charge in [-0.1, -0.05) is 263 Å². The lowest BCUT2D eigenvalue weighted by atomic mass is 9.99. The van der Waals surface area contributed by atoms with Gasteiger partial charge in [0.15, 0.2) is 5.44 Å². The summed E-state index contributed by atoms with van der Waals surface area (Å²) in [5.74, 6) is 0. The lowest BCUT2D eigenvalue weighted by Gasteiger charge is -2.20. The van der Waals surface area contributed by atoms with Gasteiger partial charge in [0.2, 0.25) is 9.84 Å². The Morgan fingerprint density at radius 3 is 1.05 bits per heavy atom. The Balaban J connectivity index is 1.73. The van der Waals surface area contributed by atoms with E-state index in [2.05, 4.69) is 49.5 Å². The second-order valence-electron chi connectivity index (χ2n) is 18.0. The summed E-state index contributed by atoms with van der Waals surface area (Å²) in [4.78, 5) is 0.171. The molecule has 2 atom stereocenters. The van der Waals surface area contributed by atoms with Gasteiger partial charge in [-0.15, -0.1) is 0 Å². The smallest absolute Gasteiger partial charge is 0.204 e. The molecule has 2 rings (SSSR count). The molecule has 0 heterocycles. The molecular formula is C54H93NO3S. The van der Waals surface area contributed by atoms with Crippen molar-refractivity contribution in [3.63, 3.8) is 0 Å². The first-order valence-corrected chi connectivity index (χ1v) is 27.0. The van der Waals surface area contributed by atoms with Gasteiger partial charge in [-0.3, -0.25) is 0 Å². The quantitative estimate of drug-likeness (QED) is 0.0517. The van der Waals surface area contributed by atoms with E-state index in [-0.39, 0.29) is 11.3 Å². The Hall–Kier alpha value is -2.11. The van der Waals surface area contributed by atoms with Crippen molar-refractivity contribution in [2.45, 2.75) is 262 Å². The molecule has 338 valence electrons. The number of hydrogen-bond acceptors (Lipinski definition) is 4. The van der Waals surface area contributed by atoms with E-state index in [9.17, 15) is 13.5 Å². The van der Waals surface area contributed by atoms with Gasteiger partial charge in [-0.05, 0) is 54.7 Å². The van der Waals surface area contributed by atoms with E-state index in [1.807, 2.05) is 13.0 Å². The second kappa shape index (κ2) is 36.5. The number of nitrogens with one attached hydrogen (secondary N) is 1. The van der Waals surface area contributed by atoms with E-state index in [0.29, 0.717) is 12.5 Å². The molecule has 0 spiro atoms. The Morgan fingerprint density at radius 2 is 0.729 bits per heavy atom. The highest BCUT2D eigenvalue weighted by Crippen LogP contribution is 2.23. The first-order chi connectivity index (χ1) is 28.9. The van der Waals surface area contributed by atoms with Crippen molar-refractivity contribution in [2.75, 3.05) is 5.32 Å². The largest absolute Gasteiger partial charge is 0.382 e. The number of sulfone groups is 1. The van der Waals surface area contributed by atoms with Crippen LogP contribution in [0.4, 0.5) is 5.69 Å². The summed E-state index contributed by atoms with van der Waals surface area (Å²) in [5, 5.41) is 14.0. The number of unbranched alkanes of at least 4 members (excludes halogenated alkanes) is 29. The number of benzene rings is 2. The predicted octanol–water partition coefficient (Wildman–Crippen LogP) is 17.4. The molecule has 0 amide bonds. The third kappa shape index (κ3) is 27.5. The van der Waals surface area contributed by atoms with E-state index < -0.39 is 15.3 Å². The molecule has 0 saturated heterocycles. The summed E-state index contributed by atoms with van der Waals surface area (Å²) >= 11 is 0. The molecule has 0 bridgehead atoms. The molecule has 0 fully saturated rings. The third-order valence-corrected chi connectivity index (χ3v) is 14.3. The van der Waals surface area contributed by atoms with Crippen LogP contribution in [0.1, 0.15) is 257 Å². The monoisotopic (exact) mass is 836 g/mol. The van der Waals surface area contributed by atoms with E-state index in [1.165, 1.54) is 218 Å². The summed E-state index contributed by atoms with van der Waals surface area (Å²) in [7, 11) is -3.71. The molecule has 0 aliphatic carbocycles. The molecule has 2 unspecified atom stereocenters. The fourth-order valence-corrected chi connectivity index (χ4v) is 9.81. The highest BCUT2D eigenvalue weighted by Gasteiger charge is 2.24. The standard InChI is InChI=1S/C54H93NO3S/c1-4-7-9-11-13-15-17-19-21-23-25-27-29-31-33-35-38-51(37-34-32-30-28-26-24-22-20-18-16-14-12-10-8-5-2)55-52-45-41-49(42-46-52)39-40-50-43-47-53(48-44-50)59(57,58)54(56)36-6-3/h39-48,51,54-56H,4-38H2,1-3H3. The van der Waals surface area contributed by atoms with Crippen LogP contribution in [0.15, 0.2) is 53.4 Å². The second-order valence-corrected chi connectivity index (χ2v) is 20.1. The van der Waals surface area contributed by atoms with E-state index in [1.54, 1.807) is 24.3 Å². The Morgan fingerprint density at radius 1 is 0.424 bits per heavy atom. The first-order valence-electron chi connectivity index (χ1n) is 25.5. The predicted molar refractivity (Wildman–Crippen MR) is 261 cm³/mol. The normalized spacial score (nSPS) is 13.0. The van der Waals surface area contributed by atoms with Crippen LogP contribution in [0.25, 0.3) is 12.2 Å². The third-order valence-electron chi connectivity index (χ3n) is 12.4. The van der Waals surface area contributed by atoms with Crippen molar-refractivity contribution in [1.29, 1.82) is 0 Å². The molecule has 0 radical (unpaired) electrons. The van der Waals surface area contributed by atoms with Crippen molar-refractivity contribution in [3.05, 3.63) is 59.7 Å². The summed E-state index contributed by atoms with van der Waals surface area (Å²) < 4.78 is 25.2. The molecular weight excluding hydrogens is 743 g/mol. The van der Waals surface area contributed by atoms with Gasteiger partial charge in [0.25, 0.3) is 0 Å². The minimum Gasteiger partial charge on any atom is -0.382 e. The Labute approximate surface area is 366 Å². The zero-order valence-electron chi connectivity index (χ0n) is 38.8. The Bertz CT molecular complexity index is 1350. The van der Waals surface area contributed by atoms with Crippen molar-refractivity contribution in [1.82, 2.24) is 0 Å². The maximum Gasteiger partial charge on any atom is 0.204 e. The summed E-state index contributed by atoms with van der Waals surface area (Å²) in [5.41, 5.74) is 1.89. The zero-order chi connectivity index (χ0) is 42.5. The van der Waals surface area contributed by atoms with Crippen LogP contribution in [-0.2, 0) is 9.84 Å². The van der Waals surface area contributed by atoms with Crippen molar-refractivity contribution in [3.8, 4) is 0 Å². The first kappa shape index (κ1) is 53.0. The lowest BCUT2D eigenvalue weighted by molar-refractivity contribution is 0.237. The van der Waals surface area contributed by atoms with E-state index >= 15 is 0 Å². The van der Waals surface area contributed by atoms with Crippen molar-refractivity contribution in [2.24, 2.45) is 0 Å². The fraction of sp³-hybridized carbons (Fsp3) is 0.741. The van der Waals surface area contributed by atoms with Gasteiger partial charge in [0.05, 0.1) is 4.90 Å². The fourth-order valence-electron chi connectivity index (χ4n) is 8.44. The molecule has 5 heteroatoms. The number of aliphatic hydroxyl groups is 1. The SMILES string of the molecule is CCCCCCCCCCCCCCCCCCC(CCCCCCCCCCCCCCCCC)Nc1ccc(C=Cc2ccc(S(=O)(=O)C(O)CCC)cc2)cc1. The van der Waals surface area contributed by atoms with Crippen molar-refractivity contribution < 1.29 is 13.5 Å². The topological polar surface area (TPSA) is 66.4 Å². The summed E-state index contributed by atoms with van der Waals surface area (Å²) in [6.45, 7) is 6.47. The van der Waals surface area contributed by atoms with Crippen LogP contribution >= 0.6 is 0 Å². The maximum absolute atomic E-state index is 12.6. The van der Waals surface area contributed by atoms with Crippen LogP contribution < -0.4 is 5.32 Å². The molecule has 0 aliphatic heterocycles. The minimum absolute atomic E-state index is 0.171. The van der Waals surface area contributed by atoms with Gasteiger partial charge in [-0.2, -0.15) is 0 Å². The van der Waals surface area contributed by atoms with Crippen LogP contribution in [0.3, 0.4) is 0 Å². The van der Waals surface area contributed by atoms with Gasteiger partial charge < -0.3 is 10.4 Å². The van der Waals surface area contributed by atoms with Crippen LogP contribution in [-0.4, -0.2) is 25.0 Å². The van der Waals surface area contributed by atoms with Gasteiger partial charge in [-0.25, -0.2) is 8.42 Å². The minimum atomic E-state index is -3.71. The number of anilines is 1. The number of rotatable bonds is 41. The molecule has 2 aromatic carbocycles. The lowest BCUT2D eigenvalue weighted by Crippen LogP contribution is -2.20. The molecule has 2 N–H and O–H groups in total. The van der Waals surface area contributed by atoms with E-state index in [4.69, 9.17) is 0 Å². The van der Waals surface area contributed by atoms with Crippen LogP contribution in [0, 0.1) is 0 Å². The van der Waals surface area contributed by atoms with Crippen LogP contribution in [0.2, 0.25) is 0 Å². The van der Waals surface area contributed by atoms with E-state index in [0.717, 1.165) is 11.1 Å². The summed E-state index contributed by atoms with van der Waals surface area (Å²) in [6, 6.07) is 16.1. The molecule has 4 nitrogen and oxygen atoms in total. The maximum atomic E-state index is 12.6. The number of hydrogen-bond donors (Lipinski definition) is 2. The zero-order valence-corrected chi connectivity index (χ0v) is 39.7. The average molecular weight is 836 g/mol. The molecule has 0 aliphatic rings. The molecule has 0 aromatic heterocycles. The van der Waals surface area contributed by atoms with Gasteiger partial charge >= 0.3 is 0 Å². The molecule has 59 heavy (non-hydrogen) atoms. The number of aliphatic hydroxyl groups excluding tert-OH is 1. The Kier molecular flexibility index (Phi) is 32.8. The average Bonchev–Trinajstić information content (AvgIpc) is 3.24. The molecule has 0 saturated carbocycles. The van der Waals surface area contributed by atoms with Crippen molar-refractivity contribution >= 4 is 27.7 Å².